The molecule has 0 radical (unpaired) electrons. The van der Waals surface area contributed by atoms with Gasteiger partial charge in [0, 0.05) is 6.04 Å². The predicted octanol–water partition coefficient (Wildman–Crippen LogP) is 2.43. The Morgan fingerprint density at radius 2 is 2.33 bits per heavy atom. The van der Waals surface area contributed by atoms with Gasteiger partial charge < -0.3 is 15.2 Å². The Labute approximate surface area is 109 Å². The van der Waals surface area contributed by atoms with Crippen LogP contribution in [0.4, 0.5) is 0 Å². The number of fused-ring (bicyclic) bond motifs is 1. The summed E-state index contributed by atoms with van der Waals surface area (Å²) in [7, 11) is 0. The summed E-state index contributed by atoms with van der Waals surface area (Å²) in [5, 5.41) is 12.8. The van der Waals surface area contributed by atoms with Crippen molar-refractivity contribution in [3.05, 3.63) is 29.3 Å². The molecule has 3 heteroatoms. The van der Waals surface area contributed by atoms with E-state index in [9.17, 15) is 5.11 Å². The highest BCUT2D eigenvalue weighted by molar-refractivity contribution is 5.39. The SMILES string of the molecule is CCNC1CCCc2cc(OCC(C)O)ccc21. The highest BCUT2D eigenvalue weighted by Gasteiger charge is 2.19. The van der Waals surface area contributed by atoms with Gasteiger partial charge in [-0.05, 0) is 56.0 Å². The number of ether oxygens (including phenoxy) is 1. The van der Waals surface area contributed by atoms with Crippen LogP contribution in [0.2, 0.25) is 0 Å². The third kappa shape index (κ3) is 3.24. The maximum Gasteiger partial charge on any atom is 0.119 e. The van der Waals surface area contributed by atoms with Crippen LogP contribution in [-0.2, 0) is 6.42 Å². The Kier molecular flexibility index (Phi) is 4.61. The Morgan fingerprint density at radius 1 is 1.50 bits per heavy atom. The fourth-order valence-corrected chi connectivity index (χ4v) is 2.56. The van der Waals surface area contributed by atoms with Crippen molar-refractivity contribution in [1.82, 2.24) is 5.32 Å². The molecule has 0 spiro atoms. The second-order valence-corrected chi connectivity index (χ2v) is 5.02. The predicted molar refractivity (Wildman–Crippen MR) is 73.0 cm³/mol. The van der Waals surface area contributed by atoms with Gasteiger partial charge in [0.25, 0.3) is 0 Å². The van der Waals surface area contributed by atoms with E-state index in [4.69, 9.17) is 4.74 Å². The fraction of sp³-hybridized carbons (Fsp3) is 0.600. The highest BCUT2D eigenvalue weighted by Crippen LogP contribution is 2.32. The van der Waals surface area contributed by atoms with Crippen molar-refractivity contribution in [3.63, 3.8) is 0 Å². The first-order chi connectivity index (χ1) is 8.70. The maximum absolute atomic E-state index is 9.23. The van der Waals surface area contributed by atoms with E-state index in [0.717, 1.165) is 18.7 Å². The molecule has 0 aliphatic heterocycles. The first kappa shape index (κ1) is 13.4. The topological polar surface area (TPSA) is 41.5 Å². The zero-order chi connectivity index (χ0) is 13.0. The number of hydrogen-bond acceptors (Lipinski definition) is 3. The van der Waals surface area contributed by atoms with Crippen LogP contribution in [0, 0.1) is 0 Å². The average molecular weight is 249 g/mol. The van der Waals surface area contributed by atoms with Crippen LogP contribution < -0.4 is 10.1 Å². The summed E-state index contributed by atoms with van der Waals surface area (Å²) >= 11 is 0. The molecule has 0 amide bonds. The number of aliphatic hydroxyl groups is 1. The number of hydrogen-bond donors (Lipinski definition) is 2. The smallest absolute Gasteiger partial charge is 0.119 e. The largest absolute Gasteiger partial charge is 0.491 e. The molecule has 2 unspecified atom stereocenters. The van der Waals surface area contributed by atoms with Gasteiger partial charge in [-0.25, -0.2) is 0 Å². The average Bonchev–Trinajstić information content (AvgIpc) is 2.37. The van der Waals surface area contributed by atoms with Gasteiger partial charge in [0.1, 0.15) is 12.4 Å². The zero-order valence-corrected chi connectivity index (χ0v) is 11.3. The van der Waals surface area contributed by atoms with Crippen molar-refractivity contribution < 1.29 is 9.84 Å². The van der Waals surface area contributed by atoms with E-state index in [-0.39, 0.29) is 0 Å². The van der Waals surface area contributed by atoms with Crippen molar-refractivity contribution in [1.29, 1.82) is 0 Å². The van der Waals surface area contributed by atoms with Gasteiger partial charge in [-0.15, -0.1) is 0 Å². The van der Waals surface area contributed by atoms with Gasteiger partial charge in [-0.3, -0.25) is 0 Å². The summed E-state index contributed by atoms with van der Waals surface area (Å²) in [5.41, 5.74) is 2.79. The molecule has 0 bridgehead atoms. The first-order valence-corrected chi connectivity index (χ1v) is 6.87. The van der Waals surface area contributed by atoms with Crippen molar-refractivity contribution in [2.24, 2.45) is 0 Å². The second-order valence-electron chi connectivity index (χ2n) is 5.02. The molecule has 100 valence electrons. The monoisotopic (exact) mass is 249 g/mol. The van der Waals surface area contributed by atoms with E-state index in [1.807, 2.05) is 6.07 Å². The fourth-order valence-electron chi connectivity index (χ4n) is 2.56. The molecule has 1 aromatic carbocycles. The Hall–Kier alpha value is -1.06. The molecule has 0 fully saturated rings. The molecule has 2 atom stereocenters. The van der Waals surface area contributed by atoms with Crippen LogP contribution >= 0.6 is 0 Å². The Balaban J connectivity index is 2.11. The molecule has 0 heterocycles. The second kappa shape index (κ2) is 6.21. The third-order valence-electron chi connectivity index (χ3n) is 3.37. The van der Waals surface area contributed by atoms with Gasteiger partial charge in [0.05, 0.1) is 6.10 Å². The summed E-state index contributed by atoms with van der Waals surface area (Å²) in [6, 6.07) is 6.79. The van der Waals surface area contributed by atoms with Crippen LogP contribution in [0.25, 0.3) is 0 Å². The van der Waals surface area contributed by atoms with E-state index >= 15 is 0 Å². The Morgan fingerprint density at radius 3 is 3.06 bits per heavy atom. The van der Waals surface area contributed by atoms with Gasteiger partial charge in [-0.1, -0.05) is 13.0 Å². The molecular weight excluding hydrogens is 226 g/mol. The molecule has 1 aliphatic rings. The summed E-state index contributed by atoms with van der Waals surface area (Å²) < 4.78 is 5.56. The molecule has 2 N–H and O–H groups in total. The van der Waals surface area contributed by atoms with Crippen molar-refractivity contribution >= 4 is 0 Å². The summed E-state index contributed by atoms with van der Waals surface area (Å²) in [6.45, 7) is 5.24. The lowest BCUT2D eigenvalue weighted by molar-refractivity contribution is 0.122. The van der Waals surface area contributed by atoms with E-state index in [1.54, 1.807) is 6.92 Å². The first-order valence-electron chi connectivity index (χ1n) is 6.87. The molecule has 18 heavy (non-hydrogen) atoms. The number of aryl methyl sites for hydroxylation is 1. The van der Waals surface area contributed by atoms with Crippen molar-refractivity contribution in [2.45, 2.75) is 45.3 Å². The number of aliphatic hydroxyl groups excluding tert-OH is 1. The lowest BCUT2D eigenvalue weighted by atomic mass is 9.87. The lowest BCUT2D eigenvalue weighted by Crippen LogP contribution is -2.24. The maximum atomic E-state index is 9.23. The number of benzene rings is 1. The minimum absolute atomic E-state index is 0.357. The van der Waals surface area contributed by atoms with Crippen LogP contribution in [0.3, 0.4) is 0 Å². The molecule has 1 aromatic rings. The third-order valence-corrected chi connectivity index (χ3v) is 3.37. The zero-order valence-electron chi connectivity index (χ0n) is 11.3. The van der Waals surface area contributed by atoms with E-state index in [0.29, 0.717) is 12.6 Å². The minimum atomic E-state index is -0.421. The standard InChI is InChI=1S/C15H23NO2/c1-3-16-15-6-4-5-12-9-13(7-8-14(12)15)18-10-11(2)17/h7-9,11,15-17H,3-6,10H2,1-2H3. The number of rotatable bonds is 5. The van der Waals surface area contributed by atoms with Crippen LogP contribution in [0.15, 0.2) is 18.2 Å². The molecule has 0 aromatic heterocycles. The summed E-state index contributed by atoms with van der Waals surface area (Å²) in [4.78, 5) is 0. The molecule has 0 saturated carbocycles. The Bertz CT molecular complexity index is 390. The molecular formula is C15H23NO2. The van der Waals surface area contributed by atoms with Gasteiger partial charge in [0.2, 0.25) is 0 Å². The van der Waals surface area contributed by atoms with E-state index in [1.165, 1.54) is 24.0 Å². The summed E-state index contributed by atoms with van der Waals surface area (Å²) in [6.07, 6.45) is 3.15. The quantitative estimate of drug-likeness (QED) is 0.842. The molecule has 2 rings (SSSR count). The van der Waals surface area contributed by atoms with E-state index in [2.05, 4.69) is 24.4 Å². The molecule has 1 aliphatic carbocycles. The normalized spacial score (nSPS) is 20.3. The van der Waals surface area contributed by atoms with Crippen LogP contribution in [-0.4, -0.2) is 24.4 Å². The van der Waals surface area contributed by atoms with Gasteiger partial charge >= 0.3 is 0 Å². The van der Waals surface area contributed by atoms with Gasteiger partial charge in [0.15, 0.2) is 0 Å². The number of nitrogens with one attached hydrogen (secondary N) is 1. The van der Waals surface area contributed by atoms with Crippen molar-refractivity contribution in [2.75, 3.05) is 13.2 Å². The summed E-state index contributed by atoms with van der Waals surface area (Å²) in [5.74, 6) is 0.867. The van der Waals surface area contributed by atoms with E-state index < -0.39 is 6.10 Å². The molecule has 0 saturated heterocycles. The van der Waals surface area contributed by atoms with Crippen LogP contribution in [0.5, 0.6) is 5.75 Å². The lowest BCUT2D eigenvalue weighted by Gasteiger charge is -2.26. The highest BCUT2D eigenvalue weighted by atomic mass is 16.5. The minimum Gasteiger partial charge on any atom is -0.491 e. The molecule has 3 nitrogen and oxygen atoms in total. The van der Waals surface area contributed by atoms with Crippen LogP contribution in [0.1, 0.15) is 43.9 Å². The van der Waals surface area contributed by atoms with Crippen molar-refractivity contribution in [3.8, 4) is 5.75 Å². The van der Waals surface area contributed by atoms with Gasteiger partial charge in [-0.2, -0.15) is 0 Å².